The molecule has 0 atom stereocenters. The number of ketones is 1. The van der Waals surface area contributed by atoms with Gasteiger partial charge in [-0.15, -0.1) is 0 Å². The van der Waals surface area contributed by atoms with Crippen molar-refractivity contribution in [2.75, 3.05) is 0 Å². The van der Waals surface area contributed by atoms with Crippen LogP contribution in [-0.2, 0) is 4.79 Å². The number of rotatable bonds is 3. The minimum atomic E-state index is 0.342. The summed E-state index contributed by atoms with van der Waals surface area (Å²) in [5, 5.41) is 0. The van der Waals surface area contributed by atoms with Crippen molar-refractivity contribution < 1.29 is 4.79 Å². The van der Waals surface area contributed by atoms with Crippen LogP contribution in [0.5, 0.6) is 0 Å². The van der Waals surface area contributed by atoms with Gasteiger partial charge in [0.2, 0.25) is 0 Å². The highest BCUT2D eigenvalue weighted by Crippen LogP contribution is 2.25. The van der Waals surface area contributed by atoms with Crippen LogP contribution in [0.25, 0.3) is 0 Å². The third-order valence-corrected chi connectivity index (χ3v) is 2.37. The van der Waals surface area contributed by atoms with Gasteiger partial charge in [0.05, 0.1) is 0 Å². The lowest BCUT2D eigenvalue weighted by molar-refractivity contribution is -0.114. The van der Waals surface area contributed by atoms with E-state index < -0.39 is 0 Å². The Bertz CT molecular complexity index is 233. The zero-order valence-electron chi connectivity index (χ0n) is 7.89. The van der Waals surface area contributed by atoms with Gasteiger partial charge in [0, 0.05) is 6.42 Å². The van der Waals surface area contributed by atoms with Gasteiger partial charge in [0.15, 0.2) is 5.78 Å². The first-order chi connectivity index (χ1) is 5.75. The molecule has 0 fully saturated rings. The summed E-state index contributed by atoms with van der Waals surface area (Å²) in [6, 6.07) is 0. The molecule has 0 N–H and O–H groups in total. The Morgan fingerprint density at radius 2 is 2.08 bits per heavy atom. The van der Waals surface area contributed by atoms with E-state index in [1.807, 2.05) is 6.92 Å². The van der Waals surface area contributed by atoms with Crippen molar-refractivity contribution >= 4 is 5.78 Å². The predicted molar refractivity (Wildman–Crippen MR) is 51.0 cm³/mol. The average Bonchev–Trinajstić information content (AvgIpc) is 2.36. The van der Waals surface area contributed by atoms with Crippen LogP contribution in [0.2, 0.25) is 0 Å². The van der Waals surface area contributed by atoms with E-state index >= 15 is 0 Å². The van der Waals surface area contributed by atoms with Crippen LogP contribution < -0.4 is 0 Å². The second kappa shape index (κ2) is 4.24. The predicted octanol–water partition coefficient (Wildman–Crippen LogP) is 3.02. The van der Waals surface area contributed by atoms with Crippen LogP contribution in [0.4, 0.5) is 0 Å². The Kier molecular flexibility index (Phi) is 3.27. The van der Waals surface area contributed by atoms with Gasteiger partial charge in [-0.2, -0.15) is 0 Å². The van der Waals surface area contributed by atoms with E-state index in [0.29, 0.717) is 5.78 Å². The molecular weight excluding hydrogens is 148 g/mol. The SMILES string of the molecule is CC/C=C\CC1=C(C)C(=O)CC1. The summed E-state index contributed by atoms with van der Waals surface area (Å²) in [5.74, 6) is 0.342. The average molecular weight is 164 g/mol. The van der Waals surface area contributed by atoms with E-state index in [2.05, 4.69) is 19.1 Å². The number of allylic oxidation sites excluding steroid dienone is 4. The maximum Gasteiger partial charge on any atom is 0.158 e. The second-order valence-electron chi connectivity index (χ2n) is 3.24. The van der Waals surface area contributed by atoms with E-state index in [1.165, 1.54) is 5.57 Å². The number of Topliss-reactive ketones (excluding diaryl/α,β-unsaturated/α-hetero) is 1. The fourth-order valence-corrected chi connectivity index (χ4v) is 1.48. The largest absolute Gasteiger partial charge is 0.295 e. The Hall–Kier alpha value is -0.850. The Labute approximate surface area is 74.2 Å². The Morgan fingerprint density at radius 1 is 1.33 bits per heavy atom. The molecule has 1 aliphatic carbocycles. The highest BCUT2D eigenvalue weighted by molar-refractivity contribution is 5.98. The quantitative estimate of drug-likeness (QED) is 0.586. The van der Waals surface area contributed by atoms with Crippen LogP contribution in [0.15, 0.2) is 23.3 Å². The van der Waals surface area contributed by atoms with E-state index in [0.717, 1.165) is 31.3 Å². The topological polar surface area (TPSA) is 17.1 Å². The molecule has 0 bridgehead atoms. The van der Waals surface area contributed by atoms with Gasteiger partial charge in [-0.3, -0.25) is 4.79 Å². The van der Waals surface area contributed by atoms with Gasteiger partial charge < -0.3 is 0 Å². The molecule has 0 aromatic rings. The monoisotopic (exact) mass is 164 g/mol. The van der Waals surface area contributed by atoms with Crippen LogP contribution in [0.3, 0.4) is 0 Å². The lowest BCUT2D eigenvalue weighted by Gasteiger charge is -1.96. The van der Waals surface area contributed by atoms with Crippen molar-refractivity contribution in [2.24, 2.45) is 0 Å². The lowest BCUT2D eigenvalue weighted by Crippen LogP contribution is -1.90. The standard InChI is InChI=1S/C11H16O/c1-3-4-5-6-10-7-8-11(12)9(10)2/h4-5H,3,6-8H2,1-2H3/b5-4-. The molecule has 0 saturated carbocycles. The molecule has 1 rings (SSSR count). The first-order valence-corrected chi connectivity index (χ1v) is 4.62. The molecule has 1 heteroatoms. The van der Waals surface area contributed by atoms with Gasteiger partial charge in [-0.05, 0) is 31.8 Å². The zero-order valence-corrected chi connectivity index (χ0v) is 7.89. The minimum Gasteiger partial charge on any atom is -0.295 e. The molecule has 66 valence electrons. The van der Waals surface area contributed by atoms with Crippen molar-refractivity contribution in [1.82, 2.24) is 0 Å². The summed E-state index contributed by atoms with van der Waals surface area (Å²) in [5.41, 5.74) is 2.35. The fraction of sp³-hybridized carbons (Fsp3) is 0.545. The third-order valence-electron chi connectivity index (χ3n) is 2.37. The molecule has 0 aromatic heterocycles. The summed E-state index contributed by atoms with van der Waals surface area (Å²) in [6.45, 7) is 4.07. The highest BCUT2D eigenvalue weighted by atomic mass is 16.1. The number of carbonyl (C=O) groups is 1. The third kappa shape index (κ3) is 2.07. The normalized spacial score (nSPS) is 18.3. The summed E-state index contributed by atoms with van der Waals surface area (Å²) >= 11 is 0. The van der Waals surface area contributed by atoms with Crippen LogP contribution in [0, 0.1) is 0 Å². The summed E-state index contributed by atoms with van der Waals surface area (Å²) in [4.78, 5) is 11.1. The smallest absolute Gasteiger partial charge is 0.158 e. The second-order valence-corrected chi connectivity index (χ2v) is 3.24. The van der Waals surface area contributed by atoms with E-state index in [-0.39, 0.29) is 0 Å². The molecule has 0 amide bonds. The van der Waals surface area contributed by atoms with Gasteiger partial charge in [-0.25, -0.2) is 0 Å². The van der Waals surface area contributed by atoms with Crippen molar-refractivity contribution in [3.05, 3.63) is 23.3 Å². The van der Waals surface area contributed by atoms with E-state index in [1.54, 1.807) is 0 Å². The molecule has 0 radical (unpaired) electrons. The molecular formula is C11H16O. The molecule has 0 heterocycles. The maximum absolute atomic E-state index is 11.1. The highest BCUT2D eigenvalue weighted by Gasteiger charge is 2.17. The summed E-state index contributed by atoms with van der Waals surface area (Å²) in [7, 11) is 0. The summed E-state index contributed by atoms with van der Waals surface area (Å²) < 4.78 is 0. The molecule has 0 aromatic carbocycles. The number of hydrogen-bond donors (Lipinski definition) is 0. The Balaban J connectivity index is 2.52. The van der Waals surface area contributed by atoms with Crippen molar-refractivity contribution in [3.8, 4) is 0 Å². The molecule has 12 heavy (non-hydrogen) atoms. The summed E-state index contributed by atoms with van der Waals surface area (Å²) in [6.07, 6.45) is 8.10. The minimum absolute atomic E-state index is 0.342. The first kappa shape index (κ1) is 9.24. The molecule has 1 aliphatic rings. The Morgan fingerprint density at radius 3 is 2.58 bits per heavy atom. The molecule has 0 spiro atoms. The van der Waals surface area contributed by atoms with Crippen LogP contribution in [-0.4, -0.2) is 5.78 Å². The molecule has 1 nitrogen and oxygen atoms in total. The van der Waals surface area contributed by atoms with Crippen molar-refractivity contribution in [2.45, 2.75) is 39.5 Å². The van der Waals surface area contributed by atoms with Crippen molar-refractivity contribution in [1.29, 1.82) is 0 Å². The van der Waals surface area contributed by atoms with Crippen LogP contribution >= 0.6 is 0 Å². The maximum atomic E-state index is 11.1. The molecule has 0 aliphatic heterocycles. The lowest BCUT2D eigenvalue weighted by atomic mass is 10.1. The van der Waals surface area contributed by atoms with Gasteiger partial charge in [0.1, 0.15) is 0 Å². The zero-order chi connectivity index (χ0) is 8.97. The molecule has 0 saturated heterocycles. The number of carbonyl (C=O) groups excluding carboxylic acids is 1. The van der Waals surface area contributed by atoms with Gasteiger partial charge >= 0.3 is 0 Å². The molecule has 0 unspecified atom stereocenters. The van der Waals surface area contributed by atoms with Gasteiger partial charge in [0.25, 0.3) is 0 Å². The van der Waals surface area contributed by atoms with E-state index in [4.69, 9.17) is 0 Å². The fourth-order valence-electron chi connectivity index (χ4n) is 1.48. The van der Waals surface area contributed by atoms with Gasteiger partial charge in [-0.1, -0.05) is 24.6 Å². The van der Waals surface area contributed by atoms with E-state index in [9.17, 15) is 4.79 Å². The number of hydrogen-bond acceptors (Lipinski definition) is 1. The van der Waals surface area contributed by atoms with Crippen LogP contribution in [0.1, 0.15) is 39.5 Å². The first-order valence-electron chi connectivity index (χ1n) is 4.62. The van der Waals surface area contributed by atoms with Crippen molar-refractivity contribution in [3.63, 3.8) is 0 Å².